The molecule has 0 rings (SSSR count). The summed E-state index contributed by atoms with van der Waals surface area (Å²) in [5.74, 6) is 0. The van der Waals surface area contributed by atoms with Crippen molar-refractivity contribution in [2.45, 2.75) is 0 Å². The van der Waals surface area contributed by atoms with E-state index < -0.39 is 0 Å². The Labute approximate surface area is 39.0 Å². The fourth-order valence-electron chi connectivity index (χ4n) is 0. The van der Waals surface area contributed by atoms with Gasteiger partial charge in [0.05, 0.1) is 0 Å². The number of hydrogen-bond donors (Lipinski definition) is 0. The molecule has 0 amide bonds. The molecule has 0 fully saturated rings. The van der Waals surface area contributed by atoms with Crippen LogP contribution in [-0.4, -0.2) is 6.66 Å². The topological polar surface area (TPSA) is 0 Å². The van der Waals surface area contributed by atoms with E-state index in [0.717, 1.165) is 4.77 Å². The minimum absolute atomic E-state index is 0.685. The van der Waals surface area contributed by atoms with Crippen molar-refractivity contribution in [3.05, 3.63) is 11.4 Å². The maximum atomic E-state index is 5.28. The van der Waals surface area contributed by atoms with Gasteiger partial charge in [0.1, 0.15) is 0 Å². The van der Waals surface area contributed by atoms with Gasteiger partial charge in [-0.3, -0.25) is 0 Å². The van der Waals surface area contributed by atoms with Crippen molar-refractivity contribution < 1.29 is 0 Å². The summed E-state index contributed by atoms with van der Waals surface area (Å²) in [6.45, 7) is 5.45. The zero-order valence-electron chi connectivity index (χ0n) is 3.09. The highest BCUT2D eigenvalue weighted by atomic mass is 35.5. The van der Waals surface area contributed by atoms with Crippen LogP contribution in [0.3, 0.4) is 0 Å². The van der Waals surface area contributed by atoms with Crippen LogP contribution in [0.4, 0.5) is 0 Å². The maximum Gasteiger partial charge on any atom is 0.0308 e. The van der Waals surface area contributed by atoms with E-state index in [1.54, 1.807) is 0 Å². The third-order valence-corrected chi connectivity index (χ3v) is 1.38. The Hall–Kier alpha value is 0.460. The Balaban J connectivity index is 2.85. The predicted molar refractivity (Wildman–Crippen MR) is 29.2 cm³/mol. The van der Waals surface area contributed by atoms with Gasteiger partial charge in [-0.1, -0.05) is 26.8 Å². The molecular weight excluding hydrogens is 102 g/mol. The van der Waals surface area contributed by atoms with E-state index in [2.05, 4.69) is 6.58 Å². The van der Waals surface area contributed by atoms with Gasteiger partial charge in [-0.15, -0.1) is 0 Å². The highest BCUT2D eigenvalue weighted by Crippen LogP contribution is 2.18. The monoisotopic (exact) mass is 108 g/mol. The standard InChI is InChI=1S/C3H6ClP/c1-3(4)5-2/h5H,1H2,2H3. The minimum Gasteiger partial charge on any atom is -0.0848 e. The van der Waals surface area contributed by atoms with Gasteiger partial charge in [0, 0.05) is 4.77 Å². The molecule has 0 N–H and O–H groups in total. The lowest BCUT2D eigenvalue weighted by molar-refractivity contribution is 2.34. The van der Waals surface area contributed by atoms with Crippen LogP contribution < -0.4 is 0 Å². The van der Waals surface area contributed by atoms with Crippen LogP contribution in [-0.2, 0) is 0 Å². The van der Waals surface area contributed by atoms with Gasteiger partial charge in [0.25, 0.3) is 0 Å². The molecule has 0 spiro atoms. The van der Waals surface area contributed by atoms with Crippen molar-refractivity contribution in [1.82, 2.24) is 0 Å². The Kier molecular flexibility index (Phi) is 2.93. The summed E-state index contributed by atoms with van der Waals surface area (Å²) in [4.78, 5) is 0. The number of halogens is 1. The van der Waals surface area contributed by atoms with E-state index in [9.17, 15) is 0 Å². The molecule has 0 aromatic heterocycles. The van der Waals surface area contributed by atoms with Crippen molar-refractivity contribution in [3.63, 3.8) is 0 Å². The van der Waals surface area contributed by atoms with Crippen LogP contribution in [0.5, 0.6) is 0 Å². The Morgan fingerprint density at radius 3 is 2.20 bits per heavy atom. The van der Waals surface area contributed by atoms with Crippen molar-refractivity contribution >= 4 is 20.2 Å². The van der Waals surface area contributed by atoms with Crippen LogP contribution in [0.25, 0.3) is 0 Å². The molecule has 2 heteroatoms. The fourth-order valence-corrected chi connectivity index (χ4v) is 0. The molecule has 0 aliphatic carbocycles. The average molecular weight is 109 g/mol. The molecule has 0 saturated carbocycles. The summed E-state index contributed by atoms with van der Waals surface area (Å²) >= 11 is 5.28. The third-order valence-electron chi connectivity index (χ3n) is 0.271. The van der Waals surface area contributed by atoms with Gasteiger partial charge >= 0.3 is 0 Å². The molecule has 0 bridgehead atoms. The smallest absolute Gasteiger partial charge is 0.0308 e. The zero-order valence-corrected chi connectivity index (χ0v) is 4.84. The summed E-state index contributed by atoms with van der Waals surface area (Å²) in [6.07, 6.45) is 0. The summed E-state index contributed by atoms with van der Waals surface area (Å²) in [5.41, 5.74) is 0. The van der Waals surface area contributed by atoms with Gasteiger partial charge in [-0.05, 0) is 6.66 Å². The zero-order chi connectivity index (χ0) is 4.28. The Bertz CT molecular complexity index is 42.2. The van der Waals surface area contributed by atoms with Crippen LogP contribution in [0.2, 0.25) is 0 Å². The highest BCUT2D eigenvalue weighted by Gasteiger charge is 1.70. The third kappa shape index (κ3) is 4.46. The molecule has 0 nitrogen and oxygen atoms in total. The van der Waals surface area contributed by atoms with E-state index in [4.69, 9.17) is 11.6 Å². The average Bonchev–Trinajstić information content (AvgIpc) is 1.38. The fraction of sp³-hybridized carbons (Fsp3) is 0.333. The van der Waals surface area contributed by atoms with Gasteiger partial charge in [0.15, 0.2) is 0 Å². The molecule has 0 saturated heterocycles. The van der Waals surface area contributed by atoms with Gasteiger partial charge in [0.2, 0.25) is 0 Å². The predicted octanol–water partition coefficient (Wildman–Crippen LogP) is 2.00. The summed E-state index contributed by atoms with van der Waals surface area (Å²) < 4.78 is 0.755. The minimum atomic E-state index is 0.685. The molecule has 0 aliphatic rings. The second-order valence-electron chi connectivity index (χ2n) is 0.655. The van der Waals surface area contributed by atoms with Crippen molar-refractivity contribution in [1.29, 1.82) is 0 Å². The van der Waals surface area contributed by atoms with Crippen molar-refractivity contribution in [3.8, 4) is 0 Å². The molecule has 1 unspecified atom stereocenters. The Morgan fingerprint density at radius 2 is 2.20 bits per heavy atom. The molecule has 5 heavy (non-hydrogen) atoms. The molecular formula is C3H6ClP. The molecule has 0 aliphatic heterocycles. The van der Waals surface area contributed by atoms with Crippen molar-refractivity contribution in [2.75, 3.05) is 6.66 Å². The van der Waals surface area contributed by atoms with E-state index in [0.29, 0.717) is 8.58 Å². The van der Waals surface area contributed by atoms with Crippen LogP contribution in [0.15, 0.2) is 11.4 Å². The second kappa shape index (κ2) is 2.68. The highest BCUT2D eigenvalue weighted by molar-refractivity contribution is 7.45. The molecule has 0 heterocycles. The quantitative estimate of drug-likeness (QED) is 0.451. The van der Waals surface area contributed by atoms with E-state index >= 15 is 0 Å². The molecule has 0 aromatic carbocycles. The first kappa shape index (κ1) is 5.46. The SMILES string of the molecule is C=C(Cl)PC. The van der Waals surface area contributed by atoms with E-state index in [1.165, 1.54) is 0 Å². The molecule has 1 atom stereocenters. The first-order valence-electron chi connectivity index (χ1n) is 1.29. The van der Waals surface area contributed by atoms with Crippen molar-refractivity contribution in [2.24, 2.45) is 0 Å². The largest absolute Gasteiger partial charge is 0.0848 e. The molecule has 30 valence electrons. The summed E-state index contributed by atoms with van der Waals surface area (Å²) in [5, 5.41) is 0. The van der Waals surface area contributed by atoms with E-state index in [1.807, 2.05) is 6.66 Å². The lowest BCUT2D eigenvalue weighted by Crippen LogP contribution is -1.38. The number of rotatable bonds is 1. The maximum absolute atomic E-state index is 5.28. The van der Waals surface area contributed by atoms with Gasteiger partial charge < -0.3 is 0 Å². The molecule has 0 aromatic rings. The van der Waals surface area contributed by atoms with Gasteiger partial charge in [-0.2, -0.15) is 0 Å². The lowest BCUT2D eigenvalue weighted by atomic mass is 11.3. The first-order valence-corrected chi connectivity index (χ1v) is 3.17. The van der Waals surface area contributed by atoms with Crippen LogP contribution >= 0.6 is 20.2 Å². The number of hydrogen-bond acceptors (Lipinski definition) is 0. The second-order valence-corrected chi connectivity index (χ2v) is 2.53. The molecule has 0 radical (unpaired) electrons. The van der Waals surface area contributed by atoms with Crippen LogP contribution in [0, 0.1) is 0 Å². The Morgan fingerprint density at radius 1 is 2.00 bits per heavy atom. The van der Waals surface area contributed by atoms with Gasteiger partial charge in [-0.25, -0.2) is 0 Å². The summed E-state index contributed by atoms with van der Waals surface area (Å²) in [7, 11) is 0.685. The van der Waals surface area contributed by atoms with Crippen LogP contribution in [0.1, 0.15) is 0 Å². The van der Waals surface area contributed by atoms with E-state index in [-0.39, 0.29) is 0 Å². The summed E-state index contributed by atoms with van der Waals surface area (Å²) in [6, 6.07) is 0. The normalized spacial score (nSPS) is 10.0. The first-order chi connectivity index (χ1) is 2.27. The lowest BCUT2D eigenvalue weighted by Gasteiger charge is -1.77.